The maximum atomic E-state index is 13.3. The van der Waals surface area contributed by atoms with Gasteiger partial charge in [0, 0.05) is 10.6 Å². The number of para-hydroxylation sites is 2. The van der Waals surface area contributed by atoms with Crippen molar-refractivity contribution in [3.05, 3.63) is 82.0 Å². The molecule has 1 unspecified atom stereocenters. The maximum Gasteiger partial charge on any atom is 0.257 e. The van der Waals surface area contributed by atoms with Crippen LogP contribution in [0.3, 0.4) is 0 Å². The highest BCUT2D eigenvalue weighted by molar-refractivity contribution is 7.09. The Morgan fingerprint density at radius 1 is 1.06 bits per heavy atom. The molecule has 0 aliphatic carbocycles. The normalized spacial score (nSPS) is 12.3. The van der Waals surface area contributed by atoms with Gasteiger partial charge in [0.1, 0.15) is 16.9 Å². The van der Waals surface area contributed by atoms with Crippen molar-refractivity contribution >= 4 is 45.3 Å². The van der Waals surface area contributed by atoms with Crippen LogP contribution in [0.1, 0.15) is 47.0 Å². The minimum absolute atomic E-state index is 0.259. The lowest BCUT2D eigenvalue weighted by atomic mass is 9.99. The van der Waals surface area contributed by atoms with E-state index in [1.54, 1.807) is 11.3 Å². The number of fused-ring (bicyclic) bond motifs is 2. The molecule has 0 saturated heterocycles. The minimum Gasteiger partial charge on any atom is -0.384 e. The molecule has 0 aliphatic rings. The number of nitrogen functional groups attached to an aromatic ring is 1. The van der Waals surface area contributed by atoms with Crippen molar-refractivity contribution < 1.29 is 4.79 Å². The first-order valence-corrected chi connectivity index (χ1v) is 11.9. The Labute approximate surface area is 196 Å². The number of rotatable bonds is 6. The Hall–Kier alpha value is -3.71. The van der Waals surface area contributed by atoms with E-state index in [0.717, 1.165) is 28.0 Å². The van der Waals surface area contributed by atoms with Gasteiger partial charge in [0.05, 0.1) is 17.6 Å². The minimum atomic E-state index is -0.259. The van der Waals surface area contributed by atoms with Crippen molar-refractivity contribution in [1.29, 1.82) is 0 Å². The molecule has 0 aliphatic heterocycles. The number of benzene rings is 2. The summed E-state index contributed by atoms with van der Waals surface area (Å²) >= 11 is 1.60. The van der Waals surface area contributed by atoms with Crippen LogP contribution in [-0.4, -0.2) is 20.4 Å². The van der Waals surface area contributed by atoms with Gasteiger partial charge in [-0.15, -0.1) is 11.3 Å². The highest BCUT2D eigenvalue weighted by Gasteiger charge is 2.25. The van der Waals surface area contributed by atoms with Gasteiger partial charge in [-0.05, 0) is 53.6 Å². The predicted octanol–water partition coefficient (Wildman–Crippen LogP) is 5.66. The van der Waals surface area contributed by atoms with Gasteiger partial charge >= 0.3 is 0 Å². The third-order valence-electron chi connectivity index (χ3n) is 6.06. The van der Waals surface area contributed by atoms with Gasteiger partial charge in [-0.25, -0.2) is 9.97 Å². The quantitative estimate of drug-likeness (QED) is 0.346. The molecule has 166 valence electrons. The van der Waals surface area contributed by atoms with Gasteiger partial charge in [0.2, 0.25) is 0 Å². The zero-order valence-electron chi connectivity index (χ0n) is 18.6. The highest BCUT2D eigenvalue weighted by atomic mass is 32.1. The number of anilines is 1. The second-order valence-corrected chi connectivity index (χ2v) is 9.18. The molecule has 0 fully saturated rings. The first-order valence-electron chi connectivity index (χ1n) is 11.0. The summed E-state index contributed by atoms with van der Waals surface area (Å²) in [6.45, 7) is 4.83. The molecule has 3 aromatic heterocycles. The van der Waals surface area contributed by atoms with Gasteiger partial charge in [0.25, 0.3) is 5.91 Å². The number of nitrogens with two attached hydrogens (primary N) is 1. The number of thiophene rings is 1. The highest BCUT2D eigenvalue weighted by Crippen LogP contribution is 2.32. The summed E-state index contributed by atoms with van der Waals surface area (Å²) in [5, 5.41) is 4.98. The molecule has 3 heterocycles. The van der Waals surface area contributed by atoms with Crippen molar-refractivity contribution in [1.82, 2.24) is 19.9 Å². The molecule has 0 saturated carbocycles. The largest absolute Gasteiger partial charge is 0.384 e. The fraction of sp³-hybridized carbons (Fsp3) is 0.192. The van der Waals surface area contributed by atoms with Crippen LogP contribution >= 0.6 is 11.3 Å². The maximum absolute atomic E-state index is 13.3. The molecule has 1 atom stereocenters. The van der Waals surface area contributed by atoms with Crippen molar-refractivity contribution in [3.8, 4) is 5.69 Å². The van der Waals surface area contributed by atoms with E-state index < -0.39 is 0 Å². The number of hydrogen-bond acceptors (Lipinski definition) is 5. The van der Waals surface area contributed by atoms with Gasteiger partial charge in [-0.2, -0.15) is 0 Å². The molecule has 3 N–H and O–H groups in total. The Bertz CT molecular complexity index is 1440. The third-order valence-corrected chi connectivity index (χ3v) is 6.94. The van der Waals surface area contributed by atoms with Gasteiger partial charge < -0.3 is 11.1 Å². The van der Waals surface area contributed by atoms with E-state index in [1.165, 1.54) is 5.56 Å². The third kappa shape index (κ3) is 3.85. The van der Waals surface area contributed by atoms with Gasteiger partial charge in [0.15, 0.2) is 5.65 Å². The molecule has 7 heteroatoms. The smallest absolute Gasteiger partial charge is 0.257 e. The molecule has 0 bridgehead atoms. The summed E-state index contributed by atoms with van der Waals surface area (Å²) in [5.74, 6) is 0.547. The molecule has 2 aromatic carbocycles. The monoisotopic (exact) mass is 455 g/mol. The topological polar surface area (TPSA) is 85.8 Å². The molecule has 0 radical (unpaired) electrons. The summed E-state index contributed by atoms with van der Waals surface area (Å²) < 4.78 is 1.83. The van der Waals surface area contributed by atoms with E-state index in [9.17, 15) is 4.79 Å². The van der Waals surface area contributed by atoms with Crippen molar-refractivity contribution in [3.63, 3.8) is 0 Å². The molecular formula is C26H25N5OS. The van der Waals surface area contributed by atoms with Crippen LogP contribution in [-0.2, 0) is 6.54 Å². The van der Waals surface area contributed by atoms with Crippen molar-refractivity contribution in [2.24, 2.45) is 0 Å². The molecule has 5 rings (SSSR count). The molecule has 33 heavy (non-hydrogen) atoms. The second-order valence-electron chi connectivity index (χ2n) is 8.14. The standard InChI is InChI=1S/C26H25N5OS/c1-3-16(2)17-10-12-18(13-11-17)31-24(27)22(26(32)28-15-19-7-6-14-33-19)23-25(31)30-21-9-5-4-8-20(21)29-23/h4-14,16H,3,15,27H2,1-2H3,(H,28,32). The van der Waals surface area contributed by atoms with E-state index >= 15 is 0 Å². The summed E-state index contributed by atoms with van der Waals surface area (Å²) in [6, 6.07) is 19.9. The molecular weight excluding hydrogens is 430 g/mol. The van der Waals surface area contributed by atoms with Gasteiger partial charge in [-0.1, -0.05) is 44.2 Å². The van der Waals surface area contributed by atoms with Crippen LogP contribution in [0, 0.1) is 0 Å². The fourth-order valence-electron chi connectivity index (χ4n) is 4.00. The SMILES string of the molecule is CCC(C)c1ccc(-n2c(N)c(C(=O)NCc3cccs3)c3nc4ccccc4nc32)cc1. The van der Waals surface area contributed by atoms with E-state index in [1.807, 2.05) is 58.5 Å². The van der Waals surface area contributed by atoms with Crippen LogP contribution < -0.4 is 11.1 Å². The number of nitrogens with one attached hydrogen (secondary N) is 1. The fourth-order valence-corrected chi connectivity index (χ4v) is 4.65. The lowest BCUT2D eigenvalue weighted by Crippen LogP contribution is -2.23. The van der Waals surface area contributed by atoms with E-state index in [0.29, 0.717) is 35.0 Å². The number of nitrogens with zero attached hydrogens (tertiary/aromatic N) is 3. The number of carbonyl (C=O) groups is 1. The Morgan fingerprint density at radius 2 is 1.79 bits per heavy atom. The van der Waals surface area contributed by atoms with Crippen LogP contribution in [0.5, 0.6) is 0 Å². The molecule has 5 aromatic rings. The second kappa shape index (κ2) is 8.67. The molecule has 6 nitrogen and oxygen atoms in total. The van der Waals surface area contributed by atoms with Crippen LogP contribution in [0.25, 0.3) is 27.9 Å². The lowest BCUT2D eigenvalue weighted by molar-refractivity contribution is 0.0953. The van der Waals surface area contributed by atoms with E-state index in [4.69, 9.17) is 15.7 Å². The zero-order chi connectivity index (χ0) is 22.9. The van der Waals surface area contributed by atoms with E-state index in [-0.39, 0.29) is 5.91 Å². The van der Waals surface area contributed by atoms with Crippen LogP contribution in [0.15, 0.2) is 66.0 Å². The lowest BCUT2D eigenvalue weighted by Gasteiger charge is -2.12. The number of aromatic nitrogens is 3. The Kier molecular flexibility index (Phi) is 5.56. The molecule has 0 spiro atoms. The summed E-state index contributed by atoms with van der Waals surface area (Å²) in [5.41, 5.74) is 11.6. The average molecular weight is 456 g/mol. The first kappa shape index (κ1) is 21.2. The Balaban J connectivity index is 1.65. The van der Waals surface area contributed by atoms with Gasteiger partial charge in [-0.3, -0.25) is 9.36 Å². The van der Waals surface area contributed by atoms with E-state index in [2.05, 4.69) is 31.3 Å². The van der Waals surface area contributed by atoms with Crippen LogP contribution in [0.2, 0.25) is 0 Å². The number of hydrogen-bond donors (Lipinski definition) is 2. The number of carbonyl (C=O) groups excluding carboxylic acids is 1. The summed E-state index contributed by atoms with van der Waals surface area (Å²) in [4.78, 5) is 24.0. The predicted molar refractivity (Wildman–Crippen MR) is 135 cm³/mol. The summed E-state index contributed by atoms with van der Waals surface area (Å²) in [6.07, 6.45) is 1.07. The van der Waals surface area contributed by atoms with Crippen LogP contribution in [0.4, 0.5) is 5.82 Å². The first-order chi connectivity index (χ1) is 16.1. The Morgan fingerprint density at radius 3 is 2.45 bits per heavy atom. The summed E-state index contributed by atoms with van der Waals surface area (Å²) in [7, 11) is 0. The average Bonchev–Trinajstić information content (AvgIpc) is 3.46. The van der Waals surface area contributed by atoms with Crippen molar-refractivity contribution in [2.75, 3.05) is 5.73 Å². The van der Waals surface area contributed by atoms with Crippen molar-refractivity contribution in [2.45, 2.75) is 32.7 Å². The number of amides is 1. The molecule has 1 amide bonds. The zero-order valence-corrected chi connectivity index (χ0v) is 19.4.